The molecule has 5 heteroatoms. The maximum atomic E-state index is 5.55. The number of aromatic nitrogens is 2. The molecule has 0 aromatic carbocycles. The topological polar surface area (TPSA) is 60.2 Å². The van der Waals surface area contributed by atoms with Gasteiger partial charge in [0.2, 0.25) is 5.89 Å². The normalized spacial score (nSPS) is 28.7. The quantitative estimate of drug-likeness (QED) is 0.903. The second-order valence-corrected chi connectivity index (χ2v) is 6.28. The summed E-state index contributed by atoms with van der Waals surface area (Å²) in [5.41, 5.74) is -0.0574. The van der Waals surface area contributed by atoms with Crippen LogP contribution in [-0.2, 0) is 10.2 Å². The van der Waals surface area contributed by atoms with Gasteiger partial charge in [0, 0.05) is 17.9 Å². The van der Waals surface area contributed by atoms with E-state index in [1.54, 1.807) is 0 Å². The second kappa shape index (κ2) is 5.21. The van der Waals surface area contributed by atoms with Crippen molar-refractivity contribution in [2.45, 2.75) is 44.4 Å². The van der Waals surface area contributed by atoms with Gasteiger partial charge in [-0.05, 0) is 38.3 Å². The van der Waals surface area contributed by atoms with Gasteiger partial charge in [0.05, 0.1) is 6.61 Å². The van der Waals surface area contributed by atoms with E-state index in [1.165, 1.54) is 12.8 Å². The first-order chi connectivity index (χ1) is 9.18. The van der Waals surface area contributed by atoms with Crippen LogP contribution >= 0.6 is 0 Å². The molecule has 0 radical (unpaired) electrons. The third-order valence-corrected chi connectivity index (χ3v) is 4.61. The zero-order chi connectivity index (χ0) is 13.3. The van der Waals surface area contributed by atoms with Crippen molar-refractivity contribution in [3.63, 3.8) is 0 Å². The number of piperidine rings is 1. The van der Waals surface area contributed by atoms with Crippen LogP contribution in [0.5, 0.6) is 0 Å². The summed E-state index contributed by atoms with van der Waals surface area (Å²) >= 11 is 0. The number of hydrogen-bond acceptors (Lipinski definition) is 5. The molecule has 0 bridgehead atoms. The molecule has 2 aliphatic heterocycles. The van der Waals surface area contributed by atoms with Gasteiger partial charge in [-0.15, -0.1) is 0 Å². The monoisotopic (exact) mass is 265 g/mol. The van der Waals surface area contributed by atoms with Crippen molar-refractivity contribution in [2.75, 3.05) is 26.3 Å². The molecule has 0 amide bonds. The van der Waals surface area contributed by atoms with E-state index in [2.05, 4.69) is 29.3 Å². The molecular formula is C14H23N3O2. The third-order valence-electron chi connectivity index (χ3n) is 4.61. The summed E-state index contributed by atoms with van der Waals surface area (Å²) in [6, 6.07) is 0. The first-order valence-corrected chi connectivity index (χ1v) is 7.30. The zero-order valence-corrected chi connectivity index (χ0v) is 11.8. The predicted octanol–water partition coefficient (Wildman–Crippen LogP) is 1.85. The van der Waals surface area contributed by atoms with Crippen molar-refractivity contribution in [2.24, 2.45) is 5.92 Å². The van der Waals surface area contributed by atoms with Crippen molar-refractivity contribution in [1.82, 2.24) is 15.5 Å². The largest absolute Gasteiger partial charge is 0.381 e. The molecule has 2 saturated heterocycles. The lowest BCUT2D eigenvalue weighted by Crippen LogP contribution is -2.41. The van der Waals surface area contributed by atoms with Gasteiger partial charge < -0.3 is 14.6 Å². The van der Waals surface area contributed by atoms with Gasteiger partial charge >= 0.3 is 0 Å². The van der Waals surface area contributed by atoms with Gasteiger partial charge in [0.15, 0.2) is 5.82 Å². The molecule has 2 fully saturated rings. The van der Waals surface area contributed by atoms with Crippen molar-refractivity contribution in [1.29, 1.82) is 0 Å². The highest BCUT2D eigenvalue weighted by molar-refractivity contribution is 5.07. The number of ether oxygens (including phenoxy) is 1. The summed E-state index contributed by atoms with van der Waals surface area (Å²) in [7, 11) is 0. The van der Waals surface area contributed by atoms with E-state index in [-0.39, 0.29) is 5.41 Å². The van der Waals surface area contributed by atoms with E-state index in [0.29, 0.717) is 11.8 Å². The molecule has 1 aromatic rings. The number of nitrogens with one attached hydrogen (secondary N) is 1. The average Bonchev–Trinajstić information content (AvgIpc) is 3.10. The van der Waals surface area contributed by atoms with Crippen LogP contribution in [0.15, 0.2) is 4.52 Å². The predicted molar refractivity (Wildman–Crippen MR) is 71.1 cm³/mol. The molecule has 1 N–H and O–H groups in total. The smallest absolute Gasteiger partial charge is 0.232 e. The van der Waals surface area contributed by atoms with Gasteiger partial charge in [0.25, 0.3) is 0 Å². The van der Waals surface area contributed by atoms with Crippen LogP contribution in [-0.4, -0.2) is 36.4 Å². The summed E-state index contributed by atoms with van der Waals surface area (Å²) in [5.74, 6) is 2.49. The highest BCUT2D eigenvalue weighted by Crippen LogP contribution is 2.35. The fraction of sp³-hybridized carbons (Fsp3) is 0.857. The lowest BCUT2D eigenvalue weighted by atomic mass is 9.75. The molecule has 19 heavy (non-hydrogen) atoms. The SMILES string of the molecule is CC(C)(c1nc(C2CCOC2)no1)C1CCCNC1. The van der Waals surface area contributed by atoms with Crippen LogP contribution in [0.1, 0.15) is 50.7 Å². The Labute approximate surface area is 114 Å². The minimum atomic E-state index is -0.0574. The maximum Gasteiger partial charge on any atom is 0.232 e. The molecule has 2 atom stereocenters. The summed E-state index contributed by atoms with van der Waals surface area (Å²) in [6.07, 6.45) is 3.46. The minimum absolute atomic E-state index is 0.0574. The molecule has 3 rings (SSSR count). The van der Waals surface area contributed by atoms with Crippen LogP contribution in [0.4, 0.5) is 0 Å². The van der Waals surface area contributed by atoms with Crippen molar-refractivity contribution < 1.29 is 9.26 Å². The first kappa shape index (κ1) is 13.1. The minimum Gasteiger partial charge on any atom is -0.381 e. The van der Waals surface area contributed by atoms with E-state index in [1.807, 2.05) is 0 Å². The molecule has 2 unspecified atom stereocenters. The Balaban J connectivity index is 1.76. The number of hydrogen-bond donors (Lipinski definition) is 1. The second-order valence-electron chi connectivity index (χ2n) is 6.28. The van der Waals surface area contributed by atoms with E-state index in [4.69, 9.17) is 9.26 Å². The molecule has 3 heterocycles. The van der Waals surface area contributed by atoms with E-state index >= 15 is 0 Å². The molecule has 1 aromatic heterocycles. The number of rotatable bonds is 3. The molecule has 106 valence electrons. The van der Waals surface area contributed by atoms with Gasteiger partial charge in [0.1, 0.15) is 0 Å². The Morgan fingerprint density at radius 2 is 2.21 bits per heavy atom. The molecule has 2 aliphatic rings. The zero-order valence-electron chi connectivity index (χ0n) is 11.8. The van der Waals surface area contributed by atoms with E-state index in [9.17, 15) is 0 Å². The Morgan fingerprint density at radius 1 is 1.32 bits per heavy atom. The Bertz CT molecular complexity index is 418. The lowest BCUT2D eigenvalue weighted by Gasteiger charge is -2.34. The van der Waals surface area contributed by atoms with E-state index < -0.39 is 0 Å². The first-order valence-electron chi connectivity index (χ1n) is 7.30. The Morgan fingerprint density at radius 3 is 2.89 bits per heavy atom. The van der Waals surface area contributed by atoms with Crippen molar-refractivity contribution in [3.8, 4) is 0 Å². The number of nitrogens with zero attached hydrogens (tertiary/aromatic N) is 2. The van der Waals surface area contributed by atoms with Gasteiger partial charge in [-0.25, -0.2) is 0 Å². The molecule has 0 saturated carbocycles. The summed E-state index contributed by atoms with van der Waals surface area (Å²) in [6.45, 7) is 8.13. The molecule has 0 spiro atoms. The Hall–Kier alpha value is -0.940. The van der Waals surface area contributed by atoms with Gasteiger partial charge in [-0.3, -0.25) is 0 Å². The lowest BCUT2D eigenvalue weighted by molar-refractivity contribution is 0.191. The summed E-state index contributed by atoms with van der Waals surface area (Å²) < 4.78 is 10.9. The third kappa shape index (κ3) is 2.54. The van der Waals surface area contributed by atoms with Gasteiger partial charge in [-0.2, -0.15) is 4.98 Å². The maximum absolute atomic E-state index is 5.55. The van der Waals surface area contributed by atoms with Crippen molar-refractivity contribution in [3.05, 3.63) is 11.7 Å². The van der Waals surface area contributed by atoms with Crippen LogP contribution in [0.25, 0.3) is 0 Å². The van der Waals surface area contributed by atoms with E-state index in [0.717, 1.165) is 44.4 Å². The van der Waals surface area contributed by atoms with Crippen LogP contribution < -0.4 is 5.32 Å². The van der Waals surface area contributed by atoms with Crippen molar-refractivity contribution >= 4 is 0 Å². The van der Waals surface area contributed by atoms with Crippen LogP contribution in [0, 0.1) is 5.92 Å². The highest BCUT2D eigenvalue weighted by Gasteiger charge is 2.38. The fourth-order valence-corrected chi connectivity index (χ4v) is 3.04. The standard InChI is InChI=1S/C14H23N3O2/c1-14(2,11-4-3-6-15-8-11)13-16-12(17-19-13)10-5-7-18-9-10/h10-11,15H,3-9H2,1-2H3. The average molecular weight is 265 g/mol. The highest BCUT2D eigenvalue weighted by atomic mass is 16.5. The van der Waals surface area contributed by atoms with Crippen LogP contribution in [0.2, 0.25) is 0 Å². The van der Waals surface area contributed by atoms with Crippen LogP contribution in [0.3, 0.4) is 0 Å². The van der Waals surface area contributed by atoms with Gasteiger partial charge in [-0.1, -0.05) is 19.0 Å². The Kier molecular flexibility index (Phi) is 3.58. The molecular weight excluding hydrogens is 242 g/mol. The molecule has 0 aliphatic carbocycles. The summed E-state index contributed by atoms with van der Waals surface area (Å²) in [5, 5.41) is 7.64. The molecule has 5 nitrogen and oxygen atoms in total. The fourth-order valence-electron chi connectivity index (χ4n) is 3.04. The summed E-state index contributed by atoms with van der Waals surface area (Å²) in [4.78, 5) is 4.65.